The second kappa shape index (κ2) is 9.76. The molecule has 0 aliphatic carbocycles. The van der Waals surface area contributed by atoms with Gasteiger partial charge >= 0.3 is 0 Å². The van der Waals surface area contributed by atoms with Gasteiger partial charge in [-0.15, -0.1) is 0 Å². The van der Waals surface area contributed by atoms with Crippen molar-refractivity contribution >= 4 is 33.7 Å². The predicted octanol–water partition coefficient (Wildman–Crippen LogP) is 6.35. The molecule has 3 nitrogen and oxygen atoms in total. The minimum absolute atomic E-state index is 0.247. The van der Waals surface area contributed by atoms with Crippen LogP contribution in [0.3, 0.4) is 0 Å². The molecule has 1 N–H and O–H groups in total. The molecular weight excluding hydrogens is 469 g/mol. The van der Waals surface area contributed by atoms with E-state index in [2.05, 4.69) is 15.9 Å². The van der Waals surface area contributed by atoms with E-state index in [1.807, 2.05) is 115 Å². The smallest absolute Gasteiger partial charge is 0.166 e. The Kier molecular flexibility index (Phi) is 6.84. The molecule has 0 bridgehead atoms. The van der Waals surface area contributed by atoms with E-state index in [0.717, 1.165) is 15.6 Å². The van der Waals surface area contributed by atoms with Crippen LogP contribution in [0, 0.1) is 0 Å². The van der Waals surface area contributed by atoms with Gasteiger partial charge in [0.05, 0.1) is 6.54 Å². The number of hydroxylamine groups is 2. The molecule has 0 amide bonds. The lowest BCUT2D eigenvalue weighted by Gasteiger charge is -2.35. The van der Waals surface area contributed by atoms with Gasteiger partial charge in [0.25, 0.3) is 0 Å². The highest BCUT2D eigenvalue weighted by atomic mass is 79.9. The van der Waals surface area contributed by atoms with E-state index in [4.69, 9.17) is 0 Å². The molecule has 156 valence electrons. The Morgan fingerprint density at radius 2 is 1.16 bits per heavy atom. The largest absolute Gasteiger partial charge is 0.313 e. The minimum atomic E-state index is -3.33. The second-order valence-corrected chi connectivity index (χ2v) is 11.0. The topological polar surface area (TPSA) is 40.5 Å². The number of halogens is 1. The van der Waals surface area contributed by atoms with Gasteiger partial charge in [-0.1, -0.05) is 125 Å². The first-order valence-electron chi connectivity index (χ1n) is 10.1. The monoisotopic (exact) mass is 491 g/mol. The van der Waals surface area contributed by atoms with Crippen molar-refractivity contribution in [2.45, 2.75) is 12.3 Å². The van der Waals surface area contributed by atoms with Gasteiger partial charge in [0.1, 0.15) is 5.78 Å². The Bertz CT molecular complexity index is 1130. The van der Waals surface area contributed by atoms with Gasteiger partial charge in [-0.2, -0.15) is 5.06 Å². The minimum Gasteiger partial charge on any atom is -0.313 e. The van der Waals surface area contributed by atoms with E-state index in [1.54, 1.807) is 0 Å². The summed E-state index contributed by atoms with van der Waals surface area (Å²) in [5, 5.41) is 14.1. The first-order chi connectivity index (χ1) is 15.1. The number of nitrogens with zero attached hydrogens (tertiary/aromatic N) is 1. The maximum atomic E-state index is 15.1. The van der Waals surface area contributed by atoms with E-state index in [0.29, 0.717) is 10.6 Å². The molecule has 5 heteroatoms. The zero-order valence-corrected chi connectivity index (χ0v) is 19.4. The standard InChI is InChI=1S/C26H23BrNO2P/c27-25-19-11-10-18-24(25)26(28(29)20-21-12-4-1-5-13-21)31(30,22-14-6-2-7-15-22)23-16-8-3-9-17-23/h1-19,26,29H,20H2. The molecule has 0 aliphatic heterocycles. The summed E-state index contributed by atoms with van der Waals surface area (Å²) in [6, 6.07) is 36.3. The number of hydrogen-bond acceptors (Lipinski definition) is 3. The molecule has 4 rings (SSSR count). The summed E-state index contributed by atoms with van der Waals surface area (Å²) in [4.78, 5) is 0. The third kappa shape index (κ3) is 4.58. The lowest BCUT2D eigenvalue weighted by molar-refractivity contribution is -0.114. The van der Waals surface area contributed by atoms with Gasteiger partial charge in [0, 0.05) is 15.1 Å². The summed E-state index contributed by atoms with van der Waals surface area (Å²) in [6.45, 7) is 0.247. The molecule has 1 unspecified atom stereocenters. The molecule has 0 fully saturated rings. The molecular formula is C26H23BrNO2P. The number of rotatable bonds is 7. The molecule has 31 heavy (non-hydrogen) atoms. The van der Waals surface area contributed by atoms with E-state index in [9.17, 15) is 5.21 Å². The van der Waals surface area contributed by atoms with Gasteiger partial charge in [-0.05, 0) is 17.2 Å². The van der Waals surface area contributed by atoms with Crippen LogP contribution in [0.1, 0.15) is 16.9 Å². The molecule has 0 aromatic heterocycles. The van der Waals surface area contributed by atoms with Crippen LogP contribution in [-0.2, 0) is 11.1 Å². The van der Waals surface area contributed by atoms with Crippen LogP contribution in [0.2, 0.25) is 0 Å². The van der Waals surface area contributed by atoms with Crippen molar-refractivity contribution in [2.24, 2.45) is 0 Å². The van der Waals surface area contributed by atoms with Crippen molar-refractivity contribution in [2.75, 3.05) is 0 Å². The third-order valence-corrected chi connectivity index (χ3v) is 9.36. The van der Waals surface area contributed by atoms with Crippen LogP contribution < -0.4 is 10.6 Å². The fourth-order valence-corrected chi connectivity index (χ4v) is 7.66. The zero-order chi connectivity index (χ0) is 21.7. The number of hydrogen-bond donors (Lipinski definition) is 1. The highest BCUT2D eigenvalue weighted by Gasteiger charge is 2.42. The fourth-order valence-electron chi connectivity index (χ4n) is 3.82. The lowest BCUT2D eigenvalue weighted by Crippen LogP contribution is -2.32. The Morgan fingerprint density at radius 3 is 1.68 bits per heavy atom. The maximum Gasteiger partial charge on any atom is 0.166 e. The Hall–Kier alpha value is -2.49. The van der Waals surface area contributed by atoms with Crippen molar-refractivity contribution < 1.29 is 9.77 Å². The molecule has 0 saturated carbocycles. The lowest BCUT2D eigenvalue weighted by atomic mass is 10.2. The van der Waals surface area contributed by atoms with Crippen LogP contribution in [0.15, 0.2) is 120 Å². The average molecular weight is 492 g/mol. The van der Waals surface area contributed by atoms with E-state index < -0.39 is 12.9 Å². The normalized spacial score (nSPS) is 12.6. The molecule has 1 atom stereocenters. The van der Waals surface area contributed by atoms with Crippen molar-refractivity contribution in [1.82, 2.24) is 5.06 Å². The molecule has 0 spiro atoms. The number of benzene rings is 4. The van der Waals surface area contributed by atoms with Crippen LogP contribution >= 0.6 is 23.1 Å². The molecule has 0 heterocycles. The highest BCUT2D eigenvalue weighted by molar-refractivity contribution is 9.10. The van der Waals surface area contributed by atoms with Gasteiger partial charge < -0.3 is 9.77 Å². The van der Waals surface area contributed by atoms with E-state index in [-0.39, 0.29) is 6.54 Å². The summed E-state index contributed by atoms with van der Waals surface area (Å²) < 4.78 is 15.9. The summed E-state index contributed by atoms with van der Waals surface area (Å²) >= 11 is 3.63. The van der Waals surface area contributed by atoms with Gasteiger partial charge in [-0.25, -0.2) is 0 Å². The summed E-state index contributed by atoms with van der Waals surface area (Å²) in [7, 11) is -3.33. The first kappa shape index (κ1) is 21.7. The van der Waals surface area contributed by atoms with Gasteiger partial charge in [0.2, 0.25) is 0 Å². The van der Waals surface area contributed by atoms with Crippen molar-refractivity contribution in [3.63, 3.8) is 0 Å². The molecule has 0 saturated heterocycles. The average Bonchev–Trinajstić information content (AvgIpc) is 2.82. The molecule has 0 aliphatic rings. The quantitative estimate of drug-likeness (QED) is 0.241. The highest BCUT2D eigenvalue weighted by Crippen LogP contribution is 2.59. The zero-order valence-electron chi connectivity index (χ0n) is 16.9. The SMILES string of the molecule is O=P(c1ccccc1)(c1ccccc1)C(c1ccccc1Br)N(O)Cc1ccccc1. The molecule has 4 aromatic rings. The van der Waals surface area contributed by atoms with Crippen LogP contribution in [0.4, 0.5) is 0 Å². The second-order valence-electron chi connectivity index (χ2n) is 7.31. The first-order valence-corrected chi connectivity index (χ1v) is 12.6. The Labute approximate surface area is 191 Å². The third-order valence-electron chi connectivity index (χ3n) is 5.28. The van der Waals surface area contributed by atoms with Gasteiger partial charge in [0.15, 0.2) is 7.14 Å². The summed E-state index contributed by atoms with van der Waals surface area (Å²) in [6.07, 6.45) is 0. The molecule has 4 aromatic carbocycles. The summed E-state index contributed by atoms with van der Waals surface area (Å²) in [5.74, 6) is -0.770. The van der Waals surface area contributed by atoms with E-state index >= 15 is 4.57 Å². The maximum absolute atomic E-state index is 15.1. The van der Waals surface area contributed by atoms with E-state index in [1.165, 1.54) is 5.06 Å². The summed E-state index contributed by atoms with van der Waals surface area (Å²) in [5.41, 5.74) is 1.71. The van der Waals surface area contributed by atoms with Crippen molar-refractivity contribution in [3.8, 4) is 0 Å². The van der Waals surface area contributed by atoms with Crippen LogP contribution in [0.25, 0.3) is 0 Å². The Morgan fingerprint density at radius 1 is 0.710 bits per heavy atom. The van der Waals surface area contributed by atoms with Gasteiger partial charge in [-0.3, -0.25) is 0 Å². The fraction of sp³-hybridized carbons (Fsp3) is 0.0769. The van der Waals surface area contributed by atoms with Crippen molar-refractivity contribution in [1.29, 1.82) is 0 Å². The van der Waals surface area contributed by atoms with Crippen molar-refractivity contribution in [3.05, 3.63) is 131 Å². The van der Waals surface area contributed by atoms with Crippen LogP contribution in [-0.4, -0.2) is 10.3 Å². The Balaban J connectivity index is 1.93. The van der Waals surface area contributed by atoms with Crippen LogP contribution in [0.5, 0.6) is 0 Å². The predicted molar refractivity (Wildman–Crippen MR) is 130 cm³/mol. The molecule has 0 radical (unpaired) electrons.